The van der Waals surface area contributed by atoms with Gasteiger partial charge in [0.1, 0.15) is 11.5 Å². The van der Waals surface area contributed by atoms with Gasteiger partial charge in [-0.2, -0.15) is 13.2 Å². The molecule has 2 rings (SSSR count). The van der Waals surface area contributed by atoms with Crippen LogP contribution in [-0.4, -0.2) is 29.9 Å². The number of phenols is 2. The van der Waals surface area contributed by atoms with E-state index >= 15 is 0 Å². The predicted molar refractivity (Wildman–Crippen MR) is 77.3 cm³/mol. The van der Waals surface area contributed by atoms with Crippen molar-refractivity contribution in [3.63, 3.8) is 0 Å². The van der Waals surface area contributed by atoms with Crippen LogP contribution in [0.5, 0.6) is 11.5 Å². The van der Waals surface area contributed by atoms with E-state index in [9.17, 15) is 36.9 Å². The molecule has 3 N–H and O–H groups in total. The van der Waals surface area contributed by atoms with Crippen LogP contribution >= 0.6 is 0 Å². The molecule has 0 amide bonds. The Bertz CT molecular complexity index is 856. The van der Waals surface area contributed by atoms with Gasteiger partial charge >= 0.3 is 6.18 Å². The van der Waals surface area contributed by atoms with Crippen molar-refractivity contribution in [2.45, 2.75) is 28.5 Å². The van der Waals surface area contributed by atoms with Crippen LogP contribution in [0.25, 0.3) is 0 Å². The van der Waals surface area contributed by atoms with E-state index in [4.69, 9.17) is 0 Å². The SMILES string of the molecule is CC(O)(c1cc(S(=O)(=O)c2ccc(O)cc2)ccc1O)C(F)(F)F. The van der Waals surface area contributed by atoms with Crippen molar-refractivity contribution < 1.29 is 36.9 Å². The molecule has 2 aromatic carbocycles. The van der Waals surface area contributed by atoms with E-state index in [1.54, 1.807) is 0 Å². The molecule has 0 bridgehead atoms. The normalized spacial score (nSPS) is 15.0. The zero-order valence-electron chi connectivity index (χ0n) is 12.2. The van der Waals surface area contributed by atoms with Crippen molar-refractivity contribution in [3.05, 3.63) is 48.0 Å². The van der Waals surface area contributed by atoms with Crippen LogP contribution in [0.15, 0.2) is 52.3 Å². The summed E-state index contributed by atoms with van der Waals surface area (Å²) < 4.78 is 63.8. The minimum absolute atomic E-state index is 0.180. The first-order valence-corrected chi connectivity index (χ1v) is 8.02. The van der Waals surface area contributed by atoms with Gasteiger partial charge in [-0.1, -0.05) is 0 Å². The zero-order chi connectivity index (χ0) is 18.3. The minimum atomic E-state index is -5.12. The molecular formula is C15H13F3O5S. The molecule has 2 aromatic rings. The number of aromatic hydroxyl groups is 2. The molecule has 0 aliphatic carbocycles. The maximum absolute atomic E-state index is 13.0. The zero-order valence-corrected chi connectivity index (χ0v) is 13.1. The third kappa shape index (κ3) is 3.04. The van der Waals surface area contributed by atoms with Gasteiger partial charge in [0.15, 0.2) is 5.60 Å². The molecule has 5 nitrogen and oxygen atoms in total. The Morgan fingerprint density at radius 1 is 0.917 bits per heavy atom. The molecule has 0 heterocycles. The van der Waals surface area contributed by atoms with Crippen molar-refractivity contribution >= 4 is 9.84 Å². The fourth-order valence-corrected chi connectivity index (χ4v) is 3.27. The lowest BCUT2D eigenvalue weighted by atomic mass is 9.94. The Morgan fingerprint density at radius 2 is 1.42 bits per heavy atom. The highest BCUT2D eigenvalue weighted by Gasteiger charge is 2.52. The fourth-order valence-electron chi connectivity index (χ4n) is 1.99. The average molecular weight is 362 g/mol. The molecule has 0 spiro atoms. The Balaban J connectivity index is 2.62. The third-order valence-electron chi connectivity index (χ3n) is 3.50. The van der Waals surface area contributed by atoms with Crippen molar-refractivity contribution in [1.29, 1.82) is 0 Å². The summed E-state index contributed by atoms with van der Waals surface area (Å²) in [7, 11) is -4.20. The van der Waals surface area contributed by atoms with Gasteiger partial charge in [-0.3, -0.25) is 0 Å². The van der Waals surface area contributed by atoms with Crippen LogP contribution in [0, 0.1) is 0 Å². The molecule has 0 saturated heterocycles. The molecule has 0 aromatic heterocycles. The molecule has 0 aliphatic heterocycles. The molecule has 1 atom stereocenters. The Labute approximate surface area is 135 Å². The van der Waals surface area contributed by atoms with Gasteiger partial charge in [-0.25, -0.2) is 8.42 Å². The van der Waals surface area contributed by atoms with Crippen LogP contribution in [-0.2, 0) is 15.4 Å². The second-order valence-electron chi connectivity index (χ2n) is 5.25. The van der Waals surface area contributed by atoms with E-state index < -0.39 is 37.8 Å². The maximum atomic E-state index is 13.0. The van der Waals surface area contributed by atoms with Gasteiger partial charge < -0.3 is 15.3 Å². The van der Waals surface area contributed by atoms with Gasteiger partial charge in [0, 0.05) is 5.56 Å². The lowest BCUT2D eigenvalue weighted by molar-refractivity contribution is -0.259. The second kappa shape index (κ2) is 5.67. The number of hydrogen-bond acceptors (Lipinski definition) is 5. The molecular weight excluding hydrogens is 349 g/mol. The van der Waals surface area contributed by atoms with Gasteiger partial charge in [0.25, 0.3) is 0 Å². The number of sulfone groups is 1. The molecule has 9 heteroatoms. The van der Waals surface area contributed by atoms with Crippen molar-refractivity contribution in [1.82, 2.24) is 0 Å². The van der Waals surface area contributed by atoms with Gasteiger partial charge in [0.05, 0.1) is 9.79 Å². The van der Waals surface area contributed by atoms with Gasteiger partial charge in [-0.05, 0) is 49.4 Å². The van der Waals surface area contributed by atoms with E-state index in [1.807, 2.05) is 0 Å². The molecule has 24 heavy (non-hydrogen) atoms. The summed E-state index contributed by atoms with van der Waals surface area (Å²) in [4.78, 5) is -0.797. The summed E-state index contributed by atoms with van der Waals surface area (Å²) in [5.74, 6) is -1.07. The molecule has 0 saturated carbocycles. The summed E-state index contributed by atoms with van der Waals surface area (Å²) in [6.45, 7) is 0.416. The second-order valence-corrected chi connectivity index (χ2v) is 7.20. The number of hydrogen-bond donors (Lipinski definition) is 3. The van der Waals surface area contributed by atoms with E-state index in [-0.39, 0.29) is 10.6 Å². The summed E-state index contributed by atoms with van der Waals surface area (Å²) >= 11 is 0. The van der Waals surface area contributed by atoms with E-state index in [0.29, 0.717) is 13.0 Å². The summed E-state index contributed by atoms with van der Waals surface area (Å²) in [6, 6.07) is 6.65. The number of phenolic OH excluding ortho intramolecular Hbond substituents is 2. The molecule has 130 valence electrons. The molecule has 0 radical (unpaired) electrons. The fraction of sp³-hybridized carbons (Fsp3) is 0.200. The highest BCUT2D eigenvalue weighted by molar-refractivity contribution is 7.91. The Hall–Kier alpha value is -2.26. The van der Waals surface area contributed by atoms with Crippen LogP contribution < -0.4 is 0 Å². The topological polar surface area (TPSA) is 94.8 Å². The van der Waals surface area contributed by atoms with Crippen LogP contribution in [0.1, 0.15) is 12.5 Å². The first-order chi connectivity index (χ1) is 10.9. The monoisotopic (exact) mass is 362 g/mol. The van der Waals surface area contributed by atoms with Gasteiger partial charge in [0.2, 0.25) is 9.84 Å². The largest absolute Gasteiger partial charge is 0.508 e. The molecule has 1 unspecified atom stereocenters. The summed E-state index contributed by atoms with van der Waals surface area (Å²) in [5.41, 5.74) is -4.41. The van der Waals surface area contributed by atoms with Crippen LogP contribution in [0.3, 0.4) is 0 Å². The first kappa shape index (κ1) is 18.1. The highest BCUT2D eigenvalue weighted by atomic mass is 32.2. The number of alkyl halides is 3. The van der Waals surface area contributed by atoms with E-state index in [1.165, 1.54) is 0 Å². The Kier molecular flexibility index (Phi) is 4.28. The van der Waals surface area contributed by atoms with Crippen LogP contribution in [0.2, 0.25) is 0 Å². The predicted octanol–water partition coefficient (Wildman–Crippen LogP) is 2.70. The third-order valence-corrected chi connectivity index (χ3v) is 5.27. The van der Waals surface area contributed by atoms with Crippen molar-refractivity contribution in [2.24, 2.45) is 0 Å². The number of halogens is 3. The highest BCUT2D eigenvalue weighted by Crippen LogP contribution is 2.43. The minimum Gasteiger partial charge on any atom is -0.508 e. The number of rotatable bonds is 3. The van der Waals surface area contributed by atoms with Gasteiger partial charge in [-0.15, -0.1) is 0 Å². The van der Waals surface area contributed by atoms with Crippen LogP contribution in [0.4, 0.5) is 13.2 Å². The van der Waals surface area contributed by atoms with E-state index in [2.05, 4.69) is 0 Å². The lowest BCUT2D eigenvalue weighted by Crippen LogP contribution is -2.39. The summed E-state index contributed by atoms with van der Waals surface area (Å²) in [6.07, 6.45) is -5.12. The van der Waals surface area contributed by atoms with E-state index in [0.717, 1.165) is 36.4 Å². The number of benzene rings is 2. The quantitative estimate of drug-likeness (QED) is 0.780. The number of aliphatic hydroxyl groups is 1. The first-order valence-electron chi connectivity index (χ1n) is 6.54. The standard InChI is InChI=1S/C15H13F3O5S/c1-14(21,15(16,17)18)12-8-11(6-7-13(12)20)24(22,23)10-4-2-9(19)3-5-10/h2-8,19-21H,1H3. The summed E-state index contributed by atoms with van der Waals surface area (Å²) in [5, 5.41) is 28.5. The molecule has 0 aliphatic rings. The smallest absolute Gasteiger partial charge is 0.421 e. The maximum Gasteiger partial charge on any atom is 0.421 e. The average Bonchev–Trinajstić information content (AvgIpc) is 2.46. The Morgan fingerprint density at radius 3 is 1.92 bits per heavy atom. The van der Waals surface area contributed by atoms with Crippen molar-refractivity contribution in [2.75, 3.05) is 0 Å². The molecule has 0 fully saturated rings. The van der Waals surface area contributed by atoms with Crippen molar-refractivity contribution in [3.8, 4) is 11.5 Å². The lowest BCUT2D eigenvalue weighted by Gasteiger charge is -2.27.